The van der Waals surface area contributed by atoms with E-state index in [1.165, 1.54) is 24.6 Å². The van der Waals surface area contributed by atoms with Crippen LogP contribution in [0, 0.1) is 18.8 Å². The quantitative estimate of drug-likeness (QED) is 0.532. The highest BCUT2D eigenvalue weighted by Gasteiger charge is 2.30. The number of hydrogen-bond donors (Lipinski definition) is 1. The van der Waals surface area contributed by atoms with Crippen LogP contribution in [0.2, 0.25) is 0 Å². The summed E-state index contributed by atoms with van der Waals surface area (Å²) in [6, 6.07) is 8.17. The summed E-state index contributed by atoms with van der Waals surface area (Å²) in [6.45, 7) is 8.34. The summed E-state index contributed by atoms with van der Waals surface area (Å²) >= 11 is 1.44. The van der Waals surface area contributed by atoms with E-state index in [9.17, 15) is 4.79 Å². The van der Waals surface area contributed by atoms with E-state index in [4.69, 9.17) is 4.98 Å². The molecule has 2 heterocycles. The number of nitrogens with one attached hydrogen (secondary N) is 1. The van der Waals surface area contributed by atoms with Crippen LogP contribution >= 0.6 is 11.8 Å². The van der Waals surface area contributed by atoms with Gasteiger partial charge in [0.25, 0.3) is 0 Å². The Morgan fingerprint density at radius 2 is 2.04 bits per heavy atom. The minimum atomic E-state index is -0.259. The minimum Gasteiger partial charge on any atom is -0.352 e. The van der Waals surface area contributed by atoms with Gasteiger partial charge in [0, 0.05) is 11.4 Å². The molecule has 1 N–H and O–H groups in total. The fourth-order valence-corrected chi connectivity index (χ4v) is 4.88. The van der Waals surface area contributed by atoms with Crippen LogP contribution in [0.4, 0.5) is 0 Å². The van der Waals surface area contributed by atoms with Gasteiger partial charge in [-0.25, -0.2) is 9.97 Å². The highest BCUT2D eigenvalue weighted by Crippen LogP contribution is 2.31. The molecule has 1 aromatic carbocycles. The van der Waals surface area contributed by atoms with Crippen molar-refractivity contribution in [3.05, 3.63) is 30.1 Å². The normalized spacial score (nSPS) is 23.8. The number of hydrogen-bond acceptors (Lipinski definition) is 5. The zero-order valence-electron chi connectivity index (χ0n) is 16.8. The Labute approximate surface area is 169 Å². The summed E-state index contributed by atoms with van der Waals surface area (Å²) in [6.07, 6.45) is 3.50. The van der Waals surface area contributed by atoms with Crippen LogP contribution in [0.25, 0.3) is 16.6 Å². The summed E-state index contributed by atoms with van der Waals surface area (Å²) < 4.78 is 1.76. The third kappa shape index (κ3) is 3.60. The Kier molecular flexibility index (Phi) is 5.27. The average molecular weight is 398 g/mol. The lowest BCUT2D eigenvalue weighted by molar-refractivity contribution is -0.121. The standard InChI is InChI=1S/C21H27N5OS/c1-12-8-7-11-17(13(12)2)23-20(27)14(3)28-21-24-18-10-6-5-9-16(18)19-22-15(4)25-26(19)21/h5-6,9-10,12-14,17H,7-8,11H2,1-4H3,(H,23,27)/t12-,13+,14+,17+/m0/s1. The van der Waals surface area contributed by atoms with Gasteiger partial charge in [0.1, 0.15) is 5.82 Å². The topological polar surface area (TPSA) is 72.2 Å². The van der Waals surface area contributed by atoms with E-state index in [0.29, 0.717) is 22.8 Å². The predicted molar refractivity (Wildman–Crippen MR) is 112 cm³/mol. The molecule has 0 bridgehead atoms. The SMILES string of the molecule is Cc1nc2c3ccccc3nc(S[C@H](C)C(=O)N[C@@H]3CCC[C@H](C)[C@H]3C)n2n1. The van der Waals surface area contributed by atoms with Crippen LogP contribution in [0.15, 0.2) is 29.4 Å². The van der Waals surface area contributed by atoms with Gasteiger partial charge in [-0.05, 0) is 44.2 Å². The van der Waals surface area contributed by atoms with E-state index in [1.54, 1.807) is 4.52 Å². The molecular weight excluding hydrogens is 370 g/mol. The van der Waals surface area contributed by atoms with Crippen LogP contribution in [-0.2, 0) is 4.79 Å². The van der Waals surface area contributed by atoms with Gasteiger partial charge in [-0.1, -0.05) is 50.6 Å². The van der Waals surface area contributed by atoms with Gasteiger partial charge in [0.05, 0.1) is 10.8 Å². The summed E-state index contributed by atoms with van der Waals surface area (Å²) in [5, 5.41) is 9.19. The zero-order chi connectivity index (χ0) is 19.8. The maximum Gasteiger partial charge on any atom is 0.233 e. The molecule has 6 nitrogen and oxygen atoms in total. The molecule has 148 valence electrons. The zero-order valence-corrected chi connectivity index (χ0v) is 17.7. The lowest BCUT2D eigenvalue weighted by atomic mass is 9.78. The molecule has 0 aliphatic heterocycles. The maximum atomic E-state index is 12.9. The number of thioether (sulfide) groups is 1. The maximum absolute atomic E-state index is 12.9. The number of para-hydroxylation sites is 1. The van der Waals surface area contributed by atoms with Crippen molar-refractivity contribution in [3.8, 4) is 0 Å². The highest BCUT2D eigenvalue weighted by molar-refractivity contribution is 8.00. The van der Waals surface area contributed by atoms with Gasteiger partial charge < -0.3 is 5.32 Å². The van der Waals surface area contributed by atoms with Crippen LogP contribution < -0.4 is 5.32 Å². The molecule has 0 unspecified atom stereocenters. The van der Waals surface area contributed by atoms with Gasteiger partial charge in [-0.3, -0.25) is 4.79 Å². The number of rotatable bonds is 4. The van der Waals surface area contributed by atoms with Crippen molar-refractivity contribution in [1.29, 1.82) is 0 Å². The number of amides is 1. The number of fused-ring (bicyclic) bond motifs is 3. The van der Waals surface area contributed by atoms with E-state index in [-0.39, 0.29) is 17.2 Å². The lowest BCUT2D eigenvalue weighted by Crippen LogP contribution is -2.46. The molecule has 1 saturated carbocycles. The largest absolute Gasteiger partial charge is 0.352 e. The van der Waals surface area contributed by atoms with Crippen molar-refractivity contribution in [1.82, 2.24) is 24.9 Å². The molecule has 28 heavy (non-hydrogen) atoms. The van der Waals surface area contributed by atoms with Crippen LogP contribution in [0.5, 0.6) is 0 Å². The van der Waals surface area contributed by atoms with Crippen molar-refractivity contribution in [2.75, 3.05) is 0 Å². The number of aromatic nitrogens is 4. The Hall–Kier alpha value is -2.15. The molecule has 2 aromatic heterocycles. The van der Waals surface area contributed by atoms with Gasteiger partial charge in [0.15, 0.2) is 10.8 Å². The lowest BCUT2D eigenvalue weighted by Gasteiger charge is -2.35. The summed E-state index contributed by atoms with van der Waals surface area (Å²) in [5.41, 5.74) is 1.65. The third-order valence-electron chi connectivity index (χ3n) is 5.94. The molecule has 1 aliphatic rings. The molecule has 3 aromatic rings. The monoisotopic (exact) mass is 397 g/mol. The van der Waals surface area contributed by atoms with Crippen molar-refractivity contribution < 1.29 is 4.79 Å². The first-order valence-corrected chi connectivity index (χ1v) is 10.9. The molecule has 4 rings (SSSR count). The second-order valence-electron chi connectivity index (χ2n) is 7.95. The Morgan fingerprint density at radius 1 is 1.25 bits per heavy atom. The number of carbonyl (C=O) groups is 1. The van der Waals surface area contributed by atoms with Gasteiger partial charge in [0.2, 0.25) is 5.91 Å². The summed E-state index contributed by atoms with van der Waals surface area (Å²) in [7, 11) is 0. The van der Waals surface area contributed by atoms with E-state index in [1.807, 2.05) is 38.1 Å². The average Bonchev–Trinajstić information content (AvgIpc) is 3.07. The molecule has 7 heteroatoms. The first-order chi connectivity index (χ1) is 13.4. The first kappa shape index (κ1) is 19.2. The van der Waals surface area contributed by atoms with Crippen LogP contribution in [0.1, 0.15) is 45.9 Å². The van der Waals surface area contributed by atoms with Gasteiger partial charge in [-0.15, -0.1) is 5.10 Å². The van der Waals surface area contributed by atoms with Crippen molar-refractivity contribution in [2.45, 2.75) is 63.4 Å². The summed E-state index contributed by atoms with van der Waals surface area (Å²) in [4.78, 5) is 22.2. The van der Waals surface area contributed by atoms with Crippen molar-refractivity contribution in [3.63, 3.8) is 0 Å². The third-order valence-corrected chi connectivity index (χ3v) is 6.98. The highest BCUT2D eigenvalue weighted by atomic mass is 32.2. The molecule has 1 fully saturated rings. The Morgan fingerprint density at radius 3 is 2.86 bits per heavy atom. The van der Waals surface area contributed by atoms with E-state index >= 15 is 0 Å². The smallest absolute Gasteiger partial charge is 0.233 e. The number of nitrogens with zero attached hydrogens (tertiary/aromatic N) is 4. The van der Waals surface area contributed by atoms with Crippen molar-refractivity contribution >= 4 is 34.2 Å². The van der Waals surface area contributed by atoms with Gasteiger partial charge in [-0.2, -0.15) is 4.52 Å². The molecule has 1 aliphatic carbocycles. The summed E-state index contributed by atoms with van der Waals surface area (Å²) in [5.74, 6) is 1.93. The fraction of sp³-hybridized carbons (Fsp3) is 0.524. The second-order valence-corrected chi connectivity index (χ2v) is 9.26. The van der Waals surface area contributed by atoms with Gasteiger partial charge >= 0.3 is 0 Å². The Balaban J connectivity index is 1.57. The first-order valence-electron chi connectivity index (χ1n) is 10.0. The van der Waals surface area contributed by atoms with E-state index in [2.05, 4.69) is 29.2 Å². The molecule has 0 spiro atoms. The van der Waals surface area contributed by atoms with Crippen LogP contribution in [-0.4, -0.2) is 36.8 Å². The number of aryl methyl sites for hydroxylation is 1. The minimum absolute atomic E-state index is 0.0656. The molecule has 1 amide bonds. The Bertz CT molecular complexity index is 1020. The second kappa shape index (κ2) is 7.70. The molecule has 0 saturated heterocycles. The fourth-order valence-electron chi connectivity index (χ4n) is 4.01. The van der Waals surface area contributed by atoms with E-state index in [0.717, 1.165) is 23.0 Å². The number of benzene rings is 1. The predicted octanol–water partition coefficient (Wildman–Crippen LogP) is 4.01. The number of carbonyl (C=O) groups excluding carboxylic acids is 1. The molecule has 0 radical (unpaired) electrons. The van der Waals surface area contributed by atoms with Crippen LogP contribution in [0.3, 0.4) is 0 Å². The molecule has 4 atom stereocenters. The molecular formula is C21H27N5OS. The van der Waals surface area contributed by atoms with Crippen molar-refractivity contribution in [2.24, 2.45) is 11.8 Å². The van der Waals surface area contributed by atoms with E-state index < -0.39 is 0 Å².